The molecule has 7 nitrogen and oxygen atoms in total. The maximum absolute atomic E-state index is 14.6. The molecule has 0 saturated carbocycles. The molecule has 0 saturated heterocycles. The first-order valence-electron chi connectivity index (χ1n) is 14.8. The van der Waals surface area contributed by atoms with Gasteiger partial charge in [0.15, 0.2) is 0 Å². The van der Waals surface area contributed by atoms with Crippen LogP contribution in [0.2, 0.25) is 10.0 Å². The zero-order valence-corrected chi connectivity index (χ0v) is 27.7. The van der Waals surface area contributed by atoms with Crippen LogP contribution in [0.5, 0.6) is 0 Å². The van der Waals surface area contributed by atoms with Crippen LogP contribution in [0.1, 0.15) is 36.5 Å². The van der Waals surface area contributed by atoms with Crippen molar-refractivity contribution in [1.29, 1.82) is 0 Å². The number of halogens is 2. The first-order chi connectivity index (χ1) is 21.6. The average Bonchev–Trinajstić information content (AvgIpc) is 3.04. The molecule has 1 unspecified atom stereocenters. The minimum atomic E-state index is -4.18. The summed E-state index contributed by atoms with van der Waals surface area (Å²) in [4.78, 5) is 29.9. The molecule has 2 amide bonds. The summed E-state index contributed by atoms with van der Waals surface area (Å²) < 4.78 is 29.3. The number of hydrogen-bond donors (Lipinski definition) is 1. The molecule has 4 aromatic rings. The van der Waals surface area contributed by atoms with Crippen LogP contribution in [0, 0.1) is 6.92 Å². The number of amides is 2. The number of carbonyl (C=O) groups is 2. The van der Waals surface area contributed by atoms with Crippen LogP contribution in [-0.4, -0.2) is 44.3 Å². The van der Waals surface area contributed by atoms with Crippen LogP contribution in [0.3, 0.4) is 0 Å². The number of nitrogens with one attached hydrogen (secondary N) is 1. The first-order valence-corrected chi connectivity index (χ1v) is 17.0. The molecule has 0 aromatic heterocycles. The van der Waals surface area contributed by atoms with Gasteiger partial charge in [0.2, 0.25) is 11.8 Å². The Kier molecular flexibility index (Phi) is 12.0. The summed E-state index contributed by atoms with van der Waals surface area (Å²) in [5.74, 6) is -0.933. The number of unbranched alkanes of at least 4 members (excludes halogenated alkanes) is 1. The van der Waals surface area contributed by atoms with Crippen LogP contribution in [0.25, 0.3) is 0 Å². The Morgan fingerprint density at radius 2 is 1.42 bits per heavy atom. The van der Waals surface area contributed by atoms with Crippen molar-refractivity contribution in [3.8, 4) is 0 Å². The van der Waals surface area contributed by atoms with Crippen LogP contribution in [0.15, 0.2) is 108 Å². The zero-order valence-electron chi connectivity index (χ0n) is 25.3. The molecule has 0 aliphatic heterocycles. The highest BCUT2D eigenvalue weighted by Gasteiger charge is 2.35. The third-order valence-corrected chi connectivity index (χ3v) is 9.97. The number of aryl methyl sites for hydroxylation is 1. The maximum Gasteiger partial charge on any atom is 0.264 e. The number of rotatable bonds is 14. The summed E-state index contributed by atoms with van der Waals surface area (Å²) >= 11 is 13.1. The smallest absolute Gasteiger partial charge is 0.264 e. The van der Waals surface area contributed by atoms with Gasteiger partial charge in [0, 0.05) is 35.1 Å². The Bertz CT molecular complexity index is 1680. The van der Waals surface area contributed by atoms with E-state index in [9.17, 15) is 18.0 Å². The summed E-state index contributed by atoms with van der Waals surface area (Å²) in [6, 6.07) is 28.4. The van der Waals surface area contributed by atoms with E-state index in [1.165, 1.54) is 17.0 Å². The lowest BCUT2D eigenvalue weighted by atomic mass is 10.0. The van der Waals surface area contributed by atoms with E-state index in [1.54, 1.807) is 67.6 Å². The molecule has 0 aliphatic rings. The predicted molar refractivity (Wildman–Crippen MR) is 181 cm³/mol. The van der Waals surface area contributed by atoms with Gasteiger partial charge in [-0.25, -0.2) is 8.42 Å². The molecule has 1 atom stereocenters. The summed E-state index contributed by atoms with van der Waals surface area (Å²) in [5.41, 5.74) is 2.33. The van der Waals surface area contributed by atoms with E-state index in [1.807, 2.05) is 37.3 Å². The normalized spacial score (nSPS) is 11.9. The number of nitrogens with zero attached hydrogens (tertiary/aromatic N) is 2. The number of sulfonamides is 1. The molecule has 0 aliphatic carbocycles. The van der Waals surface area contributed by atoms with Crippen LogP contribution in [0.4, 0.5) is 5.69 Å². The van der Waals surface area contributed by atoms with Gasteiger partial charge in [-0.1, -0.05) is 109 Å². The SMILES string of the molecule is CCCCNC(=O)C(Cc1ccccc1)N(Cc1c(Cl)cccc1Cl)C(=O)CN(c1ccccc1C)S(=O)(=O)c1ccccc1. The number of para-hydroxylation sites is 1. The Balaban J connectivity index is 1.82. The summed E-state index contributed by atoms with van der Waals surface area (Å²) in [7, 11) is -4.18. The second kappa shape index (κ2) is 15.9. The van der Waals surface area contributed by atoms with E-state index in [0.29, 0.717) is 33.4 Å². The van der Waals surface area contributed by atoms with Crippen molar-refractivity contribution in [1.82, 2.24) is 10.2 Å². The molecule has 4 rings (SSSR count). The molecule has 0 fully saturated rings. The van der Waals surface area contributed by atoms with E-state index >= 15 is 0 Å². The van der Waals surface area contributed by atoms with Crippen molar-refractivity contribution >= 4 is 50.7 Å². The molecule has 4 aromatic carbocycles. The lowest BCUT2D eigenvalue weighted by molar-refractivity contribution is -0.140. The molecule has 45 heavy (non-hydrogen) atoms. The minimum absolute atomic E-state index is 0.0416. The van der Waals surface area contributed by atoms with Gasteiger partial charge in [0.1, 0.15) is 12.6 Å². The number of anilines is 1. The fourth-order valence-electron chi connectivity index (χ4n) is 4.99. The van der Waals surface area contributed by atoms with Crippen LogP contribution >= 0.6 is 23.2 Å². The van der Waals surface area contributed by atoms with Crippen molar-refractivity contribution in [3.63, 3.8) is 0 Å². The summed E-state index contributed by atoms with van der Waals surface area (Å²) in [6.07, 6.45) is 1.84. The van der Waals surface area contributed by atoms with Gasteiger partial charge in [-0.05, 0) is 54.8 Å². The van der Waals surface area contributed by atoms with Crippen molar-refractivity contribution in [2.24, 2.45) is 0 Å². The molecular weight excluding hydrogens is 629 g/mol. The Morgan fingerprint density at radius 3 is 2.04 bits per heavy atom. The van der Waals surface area contributed by atoms with Crippen LogP contribution < -0.4 is 9.62 Å². The average molecular weight is 667 g/mol. The molecule has 0 heterocycles. The molecule has 0 radical (unpaired) electrons. The summed E-state index contributed by atoms with van der Waals surface area (Å²) in [5, 5.41) is 3.64. The minimum Gasteiger partial charge on any atom is -0.354 e. The van der Waals surface area contributed by atoms with Crippen molar-refractivity contribution in [3.05, 3.63) is 130 Å². The van der Waals surface area contributed by atoms with Gasteiger partial charge in [0.25, 0.3) is 10.0 Å². The fourth-order valence-corrected chi connectivity index (χ4v) is 7.01. The van der Waals surface area contributed by atoms with E-state index < -0.39 is 28.5 Å². The number of carbonyl (C=O) groups excluding carboxylic acids is 2. The van der Waals surface area contributed by atoms with Gasteiger partial charge < -0.3 is 10.2 Å². The van der Waals surface area contributed by atoms with Crippen LogP contribution in [-0.2, 0) is 32.6 Å². The Morgan fingerprint density at radius 1 is 0.822 bits per heavy atom. The highest BCUT2D eigenvalue weighted by molar-refractivity contribution is 7.92. The largest absolute Gasteiger partial charge is 0.354 e. The Hall–Kier alpha value is -3.85. The van der Waals surface area contributed by atoms with E-state index in [-0.39, 0.29) is 23.8 Å². The summed E-state index contributed by atoms with van der Waals surface area (Å²) in [6.45, 7) is 3.58. The molecule has 0 spiro atoms. The molecule has 0 bridgehead atoms. The lowest BCUT2D eigenvalue weighted by Crippen LogP contribution is -2.53. The molecule has 1 N–H and O–H groups in total. The zero-order chi connectivity index (χ0) is 32.4. The number of benzene rings is 4. The standard InChI is InChI=1S/C35H37Cl2N3O4S/c1-3-4-22-38-35(42)33(23-27-15-7-5-8-16-27)39(24-29-30(36)19-13-20-31(29)37)34(41)25-40(32-21-12-11-14-26(32)2)45(43,44)28-17-9-6-10-18-28/h5-21,33H,3-4,22-25H2,1-2H3,(H,38,42). The predicted octanol–water partition coefficient (Wildman–Crippen LogP) is 7.05. The van der Waals surface area contributed by atoms with Crippen molar-refractivity contribution < 1.29 is 18.0 Å². The molecular formula is C35H37Cl2N3O4S. The van der Waals surface area contributed by atoms with Gasteiger partial charge in [0.05, 0.1) is 10.6 Å². The highest BCUT2D eigenvalue weighted by atomic mass is 35.5. The quantitative estimate of drug-likeness (QED) is 0.146. The Labute approximate surface area is 275 Å². The monoisotopic (exact) mass is 665 g/mol. The third kappa shape index (κ3) is 8.66. The van der Waals surface area contributed by atoms with Crippen molar-refractivity contribution in [2.75, 3.05) is 17.4 Å². The second-order valence-electron chi connectivity index (χ2n) is 10.7. The first kappa shape index (κ1) is 34.0. The lowest BCUT2D eigenvalue weighted by Gasteiger charge is -2.34. The van der Waals surface area contributed by atoms with Gasteiger partial charge in [-0.3, -0.25) is 13.9 Å². The van der Waals surface area contributed by atoms with E-state index in [4.69, 9.17) is 23.2 Å². The highest BCUT2D eigenvalue weighted by Crippen LogP contribution is 2.30. The fraction of sp³-hybridized carbons (Fsp3) is 0.257. The molecule has 236 valence electrons. The van der Waals surface area contributed by atoms with Gasteiger partial charge in [-0.15, -0.1) is 0 Å². The van der Waals surface area contributed by atoms with E-state index in [2.05, 4.69) is 5.32 Å². The molecule has 10 heteroatoms. The number of hydrogen-bond acceptors (Lipinski definition) is 4. The van der Waals surface area contributed by atoms with Crippen molar-refractivity contribution in [2.45, 2.75) is 50.6 Å². The topological polar surface area (TPSA) is 86.8 Å². The van der Waals surface area contributed by atoms with Gasteiger partial charge in [-0.2, -0.15) is 0 Å². The van der Waals surface area contributed by atoms with E-state index in [0.717, 1.165) is 22.7 Å². The maximum atomic E-state index is 14.6. The van der Waals surface area contributed by atoms with Gasteiger partial charge >= 0.3 is 0 Å². The third-order valence-electron chi connectivity index (χ3n) is 7.49. The second-order valence-corrected chi connectivity index (χ2v) is 13.4.